The van der Waals surface area contributed by atoms with Gasteiger partial charge in [0.25, 0.3) is 5.91 Å². The first-order chi connectivity index (χ1) is 16.9. The highest BCUT2D eigenvalue weighted by molar-refractivity contribution is 7.89. The maximum absolute atomic E-state index is 13.4. The molecule has 9 heteroatoms. The number of sulfonamides is 1. The predicted molar refractivity (Wildman–Crippen MR) is 132 cm³/mol. The average molecular weight is 500 g/mol. The molecule has 0 unspecified atom stereocenters. The van der Waals surface area contributed by atoms with Crippen LogP contribution in [-0.2, 0) is 16.6 Å². The Kier molecular flexibility index (Phi) is 7.00. The summed E-state index contributed by atoms with van der Waals surface area (Å²) in [6, 6.07) is 11.0. The maximum atomic E-state index is 13.4. The summed E-state index contributed by atoms with van der Waals surface area (Å²) in [6.07, 6.45) is 3.88. The van der Waals surface area contributed by atoms with Gasteiger partial charge in [0.2, 0.25) is 16.8 Å². The smallest absolute Gasteiger partial charge is 0.254 e. The second-order valence-corrected chi connectivity index (χ2v) is 11.5. The van der Waals surface area contributed by atoms with Gasteiger partial charge in [-0.25, -0.2) is 8.42 Å². The van der Waals surface area contributed by atoms with Gasteiger partial charge < -0.3 is 14.4 Å². The summed E-state index contributed by atoms with van der Waals surface area (Å²) in [7, 11) is -3.60. The molecule has 2 saturated heterocycles. The summed E-state index contributed by atoms with van der Waals surface area (Å²) in [5.74, 6) is 1.46. The minimum absolute atomic E-state index is 0.0989. The van der Waals surface area contributed by atoms with E-state index in [2.05, 4.69) is 4.90 Å². The Morgan fingerprint density at radius 2 is 1.57 bits per heavy atom. The number of fused-ring (bicyclic) bond motifs is 1. The van der Waals surface area contributed by atoms with Gasteiger partial charge in [-0.15, -0.1) is 0 Å². The van der Waals surface area contributed by atoms with Gasteiger partial charge in [-0.1, -0.05) is 25.0 Å². The standard InChI is InChI=1S/C26H33N3O5S/c1-20-6-8-22(35(31,32)29-10-4-2-3-5-11-29)17-23(20)26(30)28-14-12-27(13-15-28)18-21-7-9-24-25(16-21)34-19-33-24/h6-9,16-17H,2-5,10-15,18-19H2,1H3. The van der Waals surface area contributed by atoms with Crippen LogP contribution in [-0.4, -0.2) is 74.5 Å². The Morgan fingerprint density at radius 3 is 2.31 bits per heavy atom. The molecule has 0 atom stereocenters. The van der Waals surface area contributed by atoms with E-state index in [1.54, 1.807) is 22.5 Å². The second-order valence-electron chi connectivity index (χ2n) is 9.55. The minimum atomic E-state index is -3.60. The highest BCUT2D eigenvalue weighted by Gasteiger charge is 2.28. The molecule has 0 spiro atoms. The van der Waals surface area contributed by atoms with Crippen LogP contribution in [0.1, 0.15) is 47.2 Å². The number of hydrogen-bond acceptors (Lipinski definition) is 6. The Balaban J connectivity index is 1.24. The first kappa shape index (κ1) is 24.1. The van der Waals surface area contributed by atoms with E-state index >= 15 is 0 Å². The van der Waals surface area contributed by atoms with E-state index in [1.807, 2.05) is 30.0 Å². The number of carbonyl (C=O) groups is 1. The highest BCUT2D eigenvalue weighted by Crippen LogP contribution is 2.33. The molecule has 2 fully saturated rings. The van der Waals surface area contributed by atoms with E-state index in [4.69, 9.17) is 9.47 Å². The molecule has 1 amide bonds. The van der Waals surface area contributed by atoms with Gasteiger partial charge >= 0.3 is 0 Å². The van der Waals surface area contributed by atoms with E-state index in [-0.39, 0.29) is 17.6 Å². The molecule has 0 saturated carbocycles. The number of rotatable bonds is 5. The predicted octanol–water partition coefficient (Wildman–Crippen LogP) is 3.25. The van der Waals surface area contributed by atoms with Crippen molar-refractivity contribution in [2.24, 2.45) is 0 Å². The number of piperazine rings is 1. The van der Waals surface area contributed by atoms with Crippen LogP contribution in [0.3, 0.4) is 0 Å². The molecule has 0 N–H and O–H groups in total. The first-order valence-electron chi connectivity index (χ1n) is 12.4. The van der Waals surface area contributed by atoms with Crippen LogP contribution in [0.5, 0.6) is 11.5 Å². The highest BCUT2D eigenvalue weighted by atomic mass is 32.2. The Morgan fingerprint density at radius 1 is 0.857 bits per heavy atom. The first-order valence-corrected chi connectivity index (χ1v) is 13.9. The van der Waals surface area contributed by atoms with Gasteiger partial charge in [-0.2, -0.15) is 4.31 Å². The number of benzene rings is 2. The van der Waals surface area contributed by atoms with Crippen molar-refractivity contribution in [3.8, 4) is 11.5 Å². The molecule has 2 aromatic carbocycles. The summed E-state index contributed by atoms with van der Waals surface area (Å²) < 4.78 is 39.0. The molecule has 3 aliphatic heterocycles. The van der Waals surface area contributed by atoms with Gasteiger partial charge in [-0.3, -0.25) is 9.69 Å². The number of ether oxygens (including phenoxy) is 2. The number of carbonyl (C=O) groups excluding carboxylic acids is 1. The maximum Gasteiger partial charge on any atom is 0.254 e. The van der Waals surface area contributed by atoms with E-state index in [0.717, 1.165) is 67.9 Å². The van der Waals surface area contributed by atoms with Crippen LogP contribution in [0.2, 0.25) is 0 Å². The lowest BCUT2D eigenvalue weighted by Crippen LogP contribution is -2.48. The minimum Gasteiger partial charge on any atom is -0.454 e. The van der Waals surface area contributed by atoms with Crippen molar-refractivity contribution < 1.29 is 22.7 Å². The van der Waals surface area contributed by atoms with Crippen LogP contribution in [0.15, 0.2) is 41.3 Å². The zero-order chi connectivity index (χ0) is 24.4. The largest absolute Gasteiger partial charge is 0.454 e. The lowest BCUT2D eigenvalue weighted by Gasteiger charge is -2.35. The average Bonchev–Trinajstić information content (AvgIpc) is 3.14. The molecule has 188 valence electrons. The molecule has 0 radical (unpaired) electrons. The second kappa shape index (κ2) is 10.2. The fourth-order valence-electron chi connectivity index (χ4n) is 5.00. The van der Waals surface area contributed by atoms with Crippen LogP contribution < -0.4 is 9.47 Å². The molecule has 8 nitrogen and oxygen atoms in total. The van der Waals surface area contributed by atoms with Crippen molar-refractivity contribution >= 4 is 15.9 Å². The van der Waals surface area contributed by atoms with Gasteiger partial charge in [0.15, 0.2) is 11.5 Å². The van der Waals surface area contributed by atoms with Gasteiger partial charge in [0.05, 0.1) is 4.90 Å². The molecule has 0 aromatic heterocycles. The zero-order valence-corrected chi connectivity index (χ0v) is 21.1. The molecule has 0 aliphatic carbocycles. The molecule has 0 bridgehead atoms. The van der Waals surface area contributed by atoms with E-state index in [0.29, 0.717) is 31.7 Å². The SMILES string of the molecule is Cc1ccc(S(=O)(=O)N2CCCCCC2)cc1C(=O)N1CCN(Cc2ccc3c(c2)OCO3)CC1. The molecule has 5 rings (SSSR count). The number of amides is 1. The third kappa shape index (κ3) is 5.17. The van der Waals surface area contributed by atoms with Crippen LogP contribution in [0, 0.1) is 6.92 Å². The van der Waals surface area contributed by atoms with Crippen molar-refractivity contribution in [3.05, 3.63) is 53.1 Å². The third-order valence-electron chi connectivity index (χ3n) is 7.14. The normalized spacial score (nSPS) is 19.5. The van der Waals surface area contributed by atoms with Crippen LogP contribution in [0.25, 0.3) is 0 Å². The fourth-order valence-corrected chi connectivity index (χ4v) is 6.54. The Labute approximate surface area is 207 Å². The quantitative estimate of drug-likeness (QED) is 0.629. The lowest BCUT2D eigenvalue weighted by atomic mass is 10.1. The summed E-state index contributed by atoms with van der Waals surface area (Å²) in [4.78, 5) is 17.8. The molecule has 3 aliphatic rings. The van der Waals surface area contributed by atoms with Crippen molar-refractivity contribution in [2.75, 3.05) is 46.1 Å². The topological polar surface area (TPSA) is 79.4 Å². The Hall–Kier alpha value is -2.62. The van der Waals surface area contributed by atoms with Gasteiger partial charge in [0.1, 0.15) is 0 Å². The van der Waals surface area contributed by atoms with E-state index < -0.39 is 10.0 Å². The fraction of sp³-hybridized carbons (Fsp3) is 0.500. The van der Waals surface area contributed by atoms with Crippen molar-refractivity contribution in [1.29, 1.82) is 0 Å². The molecule has 2 aromatic rings. The lowest BCUT2D eigenvalue weighted by molar-refractivity contribution is 0.0627. The zero-order valence-electron chi connectivity index (χ0n) is 20.2. The third-order valence-corrected chi connectivity index (χ3v) is 9.04. The van der Waals surface area contributed by atoms with E-state index in [9.17, 15) is 13.2 Å². The van der Waals surface area contributed by atoms with E-state index in [1.165, 1.54) is 0 Å². The van der Waals surface area contributed by atoms with Crippen LogP contribution >= 0.6 is 0 Å². The van der Waals surface area contributed by atoms with Crippen molar-refractivity contribution in [1.82, 2.24) is 14.1 Å². The summed E-state index contributed by atoms with van der Waals surface area (Å²) in [6.45, 7) is 6.72. The molecular weight excluding hydrogens is 466 g/mol. The molecule has 3 heterocycles. The Bertz CT molecular complexity index is 1180. The summed E-state index contributed by atoms with van der Waals surface area (Å²) in [5.41, 5.74) is 2.43. The monoisotopic (exact) mass is 499 g/mol. The summed E-state index contributed by atoms with van der Waals surface area (Å²) >= 11 is 0. The number of aryl methyl sites for hydroxylation is 1. The van der Waals surface area contributed by atoms with Gasteiger partial charge in [0, 0.05) is 51.4 Å². The van der Waals surface area contributed by atoms with Crippen molar-refractivity contribution in [2.45, 2.75) is 44.0 Å². The number of nitrogens with zero attached hydrogens (tertiary/aromatic N) is 3. The molecular formula is C26H33N3O5S. The van der Waals surface area contributed by atoms with Gasteiger partial charge in [-0.05, 0) is 55.2 Å². The van der Waals surface area contributed by atoms with Crippen molar-refractivity contribution in [3.63, 3.8) is 0 Å². The van der Waals surface area contributed by atoms with Crippen LogP contribution in [0.4, 0.5) is 0 Å². The summed E-state index contributed by atoms with van der Waals surface area (Å²) in [5, 5.41) is 0. The number of hydrogen-bond donors (Lipinski definition) is 0. The molecule has 35 heavy (non-hydrogen) atoms.